The van der Waals surface area contributed by atoms with Gasteiger partial charge in [-0.15, -0.1) is 11.3 Å². The van der Waals surface area contributed by atoms with Crippen molar-refractivity contribution >= 4 is 28.6 Å². The summed E-state index contributed by atoms with van der Waals surface area (Å²) in [7, 11) is 0. The Morgan fingerprint density at radius 2 is 2.20 bits per heavy atom. The monoisotopic (exact) mass is 310 g/mol. The maximum Gasteiger partial charge on any atom is 0.138 e. The second-order valence-corrected chi connectivity index (χ2v) is 6.35. The van der Waals surface area contributed by atoms with E-state index in [0.717, 1.165) is 24.4 Å². The molecule has 0 amide bonds. The highest BCUT2D eigenvalue weighted by molar-refractivity contribution is 7.11. The molecule has 0 atom stereocenters. The average molecular weight is 311 g/mol. The summed E-state index contributed by atoms with van der Waals surface area (Å²) in [6.07, 6.45) is 3.03. The van der Waals surface area contributed by atoms with Gasteiger partial charge in [0.1, 0.15) is 5.75 Å². The molecule has 2 rings (SSSR count). The Bertz CT molecular complexity index is 569. The number of ether oxygens (including phenoxy) is 1. The van der Waals surface area contributed by atoms with Gasteiger partial charge in [0.05, 0.1) is 22.7 Å². The third-order valence-corrected chi connectivity index (χ3v) is 4.10. The number of hydrogen-bond donors (Lipinski definition) is 1. The number of nitrogens with one attached hydrogen (secondary N) is 1. The van der Waals surface area contributed by atoms with Crippen molar-refractivity contribution in [1.82, 2.24) is 4.98 Å². The fraction of sp³-hybridized carbons (Fsp3) is 0.400. The van der Waals surface area contributed by atoms with E-state index in [1.807, 2.05) is 38.2 Å². The second kappa shape index (κ2) is 6.95. The molecule has 0 saturated carbocycles. The highest BCUT2D eigenvalue weighted by atomic mass is 35.5. The van der Waals surface area contributed by atoms with Crippen LogP contribution in [0.2, 0.25) is 5.02 Å². The van der Waals surface area contributed by atoms with Crippen molar-refractivity contribution in [3.05, 3.63) is 39.3 Å². The largest absolute Gasteiger partial charge is 0.489 e. The van der Waals surface area contributed by atoms with E-state index in [1.54, 1.807) is 11.3 Å². The highest BCUT2D eigenvalue weighted by Gasteiger charge is 2.06. The first kappa shape index (κ1) is 15.1. The zero-order valence-corrected chi connectivity index (χ0v) is 13.5. The van der Waals surface area contributed by atoms with Crippen molar-refractivity contribution in [1.29, 1.82) is 0 Å². The van der Waals surface area contributed by atoms with Crippen LogP contribution in [0.3, 0.4) is 0 Å². The van der Waals surface area contributed by atoms with Crippen molar-refractivity contribution in [2.24, 2.45) is 0 Å². The zero-order chi connectivity index (χ0) is 14.5. The molecule has 0 fully saturated rings. The van der Waals surface area contributed by atoms with Gasteiger partial charge < -0.3 is 10.1 Å². The van der Waals surface area contributed by atoms with Crippen LogP contribution < -0.4 is 10.1 Å². The first-order chi connectivity index (χ1) is 9.58. The summed E-state index contributed by atoms with van der Waals surface area (Å²) in [5, 5.41) is 5.14. The predicted molar refractivity (Wildman–Crippen MR) is 86.0 cm³/mol. The van der Waals surface area contributed by atoms with E-state index in [1.165, 1.54) is 9.88 Å². The molecule has 1 heterocycles. The van der Waals surface area contributed by atoms with Crippen molar-refractivity contribution in [2.75, 3.05) is 5.32 Å². The molecular weight excluding hydrogens is 292 g/mol. The van der Waals surface area contributed by atoms with E-state index in [4.69, 9.17) is 16.3 Å². The van der Waals surface area contributed by atoms with Crippen LogP contribution in [0, 0.1) is 0 Å². The molecule has 0 aliphatic carbocycles. The predicted octanol–water partition coefficient (Wildman–Crippen LogP) is 4.76. The maximum absolute atomic E-state index is 6.21. The van der Waals surface area contributed by atoms with Gasteiger partial charge in [0.25, 0.3) is 0 Å². The molecule has 5 heteroatoms. The van der Waals surface area contributed by atoms with E-state index in [9.17, 15) is 0 Å². The number of aromatic nitrogens is 1. The fourth-order valence-corrected chi connectivity index (χ4v) is 2.77. The minimum atomic E-state index is 0.121. The Kier molecular flexibility index (Phi) is 5.26. The Hall–Kier alpha value is -1.26. The minimum Gasteiger partial charge on any atom is -0.489 e. The van der Waals surface area contributed by atoms with E-state index in [2.05, 4.69) is 17.2 Å². The summed E-state index contributed by atoms with van der Waals surface area (Å²) < 4.78 is 5.61. The quantitative estimate of drug-likeness (QED) is 0.835. The van der Waals surface area contributed by atoms with E-state index < -0.39 is 0 Å². The lowest BCUT2D eigenvalue weighted by Crippen LogP contribution is -2.06. The van der Waals surface area contributed by atoms with Crippen LogP contribution >= 0.6 is 22.9 Å². The smallest absolute Gasteiger partial charge is 0.138 e. The Morgan fingerprint density at radius 1 is 1.40 bits per heavy atom. The lowest BCUT2D eigenvalue weighted by atomic mass is 10.3. The molecule has 1 aromatic carbocycles. The van der Waals surface area contributed by atoms with Gasteiger partial charge in [0.15, 0.2) is 0 Å². The maximum atomic E-state index is 6.21. The molecule has 0 spiro atoms. The SMILES string of the molecule is CCc1ncc(CNc2ccc(OC(C)C)c(Cl)c2)s1. The van der Waals surface area contributed by atoms with Crippen molar-refractivity contribution < 1.29 is 4.74 Å². The molecular formula is C15H19ClN2OS. The molecule has 0 radical (unpaired) electrons. The van der Waals surface area contributed by atoms with Gasteiger partial charge in [-0.3, -0.25) is 0 Å². The number of rotatable bonds is 6. The van der Waals surface area contributed by atoms with Crippen LogP contribution in [0.5, 0.6) is 5.75 Å². The molecule has 0 bridgehead atoms. The first-order valence-electron chi connectivity index (χ1n) is 6.72. The molecule has 108 valence electrons. The van der Waals surface area contributed by atoms with Crippen LogP contribution in [0.15, 0.2) is 24.4 Å². The van der Waals surface area contributed by atoms with Gasteiger partial charge >= 0.3 is 0 Å². The van der Waals surface area contributed by atoms with Gasteiger partial charge in [-0.05, 0) is 38.5 Å². The van der Waals surface area contributed by atoms with Crippen LogP contribution in [-0.4, -0.2) is 11.1 Å². The number of thiazole rings is 1. The molecule has 0 saturated heterocycles. The number of benzene rings is 1. The normalized spacial score (nSPS) is 10.8. The van der Waals surface area contributed by atoms with Crippen LogP contribution in [0.25, 0.3) is 0 Å². The Morgan fingerprint density at radius 3 is 2.80 bits per heavy atom. The number of hydrogen-bond acceptors (Lipinski definition) is 4. The summed E-state index contributed by atoms with van der Waals surface area (Å²) in [4.78, 5) is 5.57. The van der Waals surface area contributed by atoms with Gasteiger partial charge in [0, 0.05) is 16.8 Å². The summed E-state index contributed by atoms with van der Waals surface area (Å²) in [5.41, 5.74) is 0.984. The number of nitrogens with zero attached hydrogens (tertiary/aromatic N) is 1. The minimum absolute atomic E-state index is 0.121. The fourth-order valence-electron chi connectivity index (χ4n) is 1.74. The molecule has 3 nitrogen and oxygen atoms in total. The molecule has 1 aromatic heterocycles. The summed E-state index contributed by atoms with van der Waals surface area (Å²) in [6.45, 7) is 6.84. The second-order valence-electron chi connectivity index (χ2n) is 4.74. The van der Waals surface area contributed by atoms with Crippen LogP contribution in [-0.2, 0) is 13.0 Å². The van der Waals surface area contributed by atoms with Crippen molar-refractivity contribution in [2.45, 2.75) is 39.8 Å². The summed E-state index contributed by atoms with van der Waals surface area (Å²) in [5.74, 6) is 0.721. The third-order valence-electron chi connectivity index (χ3n) is 2.67. The third kappa shape index (κ3) is 4.12. The number of anilines is 1. The topological polar surface area (TPSA) is 34.2 Å². The summed E-state index contributed by atoms with van der Waals surface area (Å²) >= 11 is 7.94. The lowest BCUT2D eigenvalue weighted by molar-refractivity contribution is 0.242. The Labute approximate surface area is 129 Å². The van der Waals surface area contributed by atoms with Crippen LogP contribution in [0.4, 0.5) is 5.69 Å². The molecule has 20 heavy (non-hydrogen) atoms. The molecule has 1 N–H and O–H groups in total. The molecule has 0 aliphatic rings. The standard InChI is InChI=1S/C15H19ClN2OS/c1-4-15-18-9-12(20-15)8-17-11-5-6-14(13(16)7-11)19-10(2)3/h5-7,9-10,17H,4,8H2,1-3H3. The van der Waals surface area contributed by atoms with Crippen LogP contribution in [0.1, 0.15) is 30.7 Å². The number of aryl methyl sites for hydroxylation is 1. The highest BCUT2D eigenvalue weighted by Crippen LogP contribution is 2.28. The van der Waals surface area contributed by atoms with Gasteiger partial charge in [0.2, 0.25) is 0 Å². The van der Waals surface area contributed by atoms with E-state index in [0.29, 0.717) is 5.02 Å². The molecule has 0 aliphatic heterocycles. The molecule has 0 unspecified atom stereocenters. The van der Waals surface area contributed by atoms with Crippen molar-refractivity contribution in [3.63, 3.8) is 0 Å². The average Bonchev–Trinajstić information content (AvgIpc) is 2.87. The van der Waals surface area contributed by atoms with Gasteiger partial charge in [-0.1, -0.05) is 18.5 Å². The van der Waals surface area contributed by atoms with Crippen molar-refractivity contribution in [3.8, 4) is 5.75 Å². The van der Waals surface area contributed by atoms with Gasteiger partial charge in [-0.25, -0.2) is 4.98 Å². The number of halogens is 1. The van der Waals surface area contributed by atoms with E-state index in [-0.39, 0.29) is 6.10 Å². The first-order valence-corrected chi connectivity index (χ1v) is 7.91. The Balaban J connectivity index is 1.97. The summed E-state index contributed by atoms with van der Waals surface area (Å²) in [6, 6.07) is 5.77. The zero-order valence-electron chi connectivity index (χ0n) is 11.9. The van der Waals surface area contributed by atoms with E-state index >= 15 is 0 Å². The molecule has 2 aromatic rings. The lowest BCUT2D eigenvalue weighted by Gasteiger charge is -2.12. The van der Waals surface area contributed by atoms with Gasteiger partial charge in [-0.2, -0.15) is 0 Å².